The third-order valence-corrected chi connectivity index (χ3v) is 3.89. The first-order valence-electron chi connectivity index (χ1n) is 6.07. The summed E-state index contributed by atoms with van der Waals surface area (Å²) in [4.78, 5) is 17.8. The van der Waals surface area contributed by atoms with Crippen molar-refractivity contribution >= 4 is 54.9 Å². The van der Waals surface area contributed by atoms with E-state index in [1.54, 1.807) is 18.5 Å². The molecule has 106 valence electrons. The zero-order valence-electron chi connectivity index (χ0n) is 10.7. The summed E-state index contributed by atoms with van der Waals surface area (Å²) < 4.78 is 1.81. The zero-order valence-corrected chi connectivity index (χ0v) is 13.8. The van der Waals surface area contributed by atoms with Crippen molar-refractivity contribution in [2.45, 2.75) is 0 Å². The molecular weight excluding hydrogens is 400 g/mol. The van der Waals surface area contributed by atoms with Crippen molar-refractivity contribution in [2.24, 2.45) is 5.10 Å². The minimum atomic E-state index is -0.294. The second kappa shape index (κ2) is 5.87. The summed E-state index contributed by atoms with van der Waals surface area (Å²) >= 11 is 6.71. The Labute approximate surface area is 137 Å². The molecule has 3 rings (SSSR count). The van der Waals surface area contributed by atoms with E-state index in [0.717, 1.165) is 25.4 Å². The standard InChI is InChI=1S/C14H10Br2N4O/c15-9-1-2-12-11(3-9)8(5-17-12)6-19-20-14(21)13-4-10(16)7-18-13/h1-7,17-18H,(H,20,21)/b19-6+. The van der Waals surface area contributed by atoms with Gasteiger partial charge in [-0.3, -0.25) is 4.79 Å². The van der Waals surface area contributed by atoms with Crippen molar-refractivity contribution in [3.8, 4) is 0 Å². The van der Waals surface area contributed by atoms with Crippen LogP contribution in [0, 0.1) is 0 Å². The van der Waals surface area contributed by atoms with Crippen molar-refractivity contribution in [1.29, 1.82) is 0 Å². The first-order chi connectivity index (χ1) is 10.1. The van der Waals surface area contributed by atoms with E-state index in [-0.39, 0.29) is 5.91 Å². The molecule has 2 aromatic heterocycles. The van der Waals surface area contributed by atoms with E-state index in [9.17, 15) is 4.79 Å². The van der Waals surface area contributed by atoms with Gasteiger partial charge in [0.25, 0.3) is 5.91 Å². The molecule has 0 aliphatic carbocycles. The molecule has 1 amide bonds. The van der Waals surface area contributed by atoms with Gasteiger partial charge in [0.05, 0.1) is 6.21 Å². The minimum Gasteiger partial charge on any atom is -0.361 e. The van der Waals surface area contributed by atoms with Crippen LogP contribution in [0.1, 0.15) is 16.1 Å². The SMILES string of the molecule is O=C(N/N=C/c1c[nH]c2ccc(Br)cc12)c1cc(Br)c[nH]1. The Kier molecular flexibility index (Phi) is 3.94. The Bertz CT molecular complexity index is 834. The van der Waals surface area contributed by atoms with Gasteiger partial charge in [-0.1, -0.05) is 15.9 Å². The lowest BCUT2D eigenvalue weighted by Gasteiger charge is -1.96. The normalized spacial score (nSPS) is 11.3. The van der Waals surface area contributed by atoms with E-state index >= 15 is 0 Å². The molecule has 7 heteroatoms. The summed E-state index contributed by atoms with van der Waals surface area (Å²) in [5, 5.41) is 5.02. The lowest BCUT2D eigenvalue weighted by molar-refractivity contribution is 0.0951. The lowest BCUT2D eigenvalue weighted by Crippen LogP contribution is -2.17. The number of nitrogens with one attached hydrogen (secondary N) is 3. The fraction of sp³-hybridized carbons (Fsp3) is 0. The summed E-state index contributed by atoms with van der Waals surface area (Å²) in [6.45, 7) is 0. The van der Waals surface area contributed by atoms with Crippen LogP contribution in [0.4, 0.5) is 0 Å². The smallest absolute Gasteiger partial charge is 0.287 e. The zero-order chi connectivity index (χ0) is 14.8. The fourth-order valence-electron chi connectivity index (χ4n) is 1.94. The number of H-pyrrole nitrogens is 2. The summed E-state index contributed by atoms with van der Waals surface area (Å²) in [6.07, 6.45) is 5.15. The van der Waals surface area contributed by atoms with Crippen LogP contribution in [0.3, 0.4) is 0 Å². The molecule has 0 atom stereocenters. The lowest BCUT2D eigenvalue weighted by atomic mass is 10.2. The molecule has 0 saturated heterocycles. The van der Waals surface area contributed by atoms with Crippen molar-refractivity contribution in [1.82, 2.24) is 15.4 Å². The van der Waals surface area contributed by atoms with E-state index in [1.165, 1.54) is 0 Å². The van der Waals surface area contributed by atoms with Gasteiger partial charge in [-0.25, -0.2) is 5.43 Å². The summed E-state index contributed by atoms with van der Waals surface area (Å²) in [7, 11) is 0. The molecule has 0 fully saturated rings. The molecule has 2 heterocycles. The molecule has 0 aliphatic rings. The van der Waals surface area contributed by atoms with E-state index in [0.29, 0.717) is 5.69 Å². The van der Waals surface area contributed by atoms with Crippen LogP contribution in [0.5, 0.6) is 0 Å². The average Bonchev–Trinajstić information content (AvgIpc) is 3.05. The Morgan fingerprint density at radius 2 is 2.00 bits per heavy atom. The number of aromatic amines is 2. The Morgan fingerprint density at radius 3 is 2.76 bits per heavy atom. The quantitative estimate of drug-likeness (QED) is 0.447. The van der Waals surface area contributed by atoms with E-state index in [4.69, 9.17) is 0 Å². The molecule has 0 radical (unpaired) electrons. The minimum absolute atomic E-state index is 0.294. The molecule has 0 saturated carbocycles. The third-order valence-electron chi connectivity index (χ3n) is 2.94. The average molecular weight is 410 g/mol. The highest BCUT2D eigenvalue weighted by atomic mass is 79.9. The van der Waals surface area contributed by atoms with E-state index < -0.39 is 0 Å². The second-order valence-corrected chi connectivity index (χ2v) is 6.20. The van der Waals surface area contributed by atoms with Crippen molar-refractivity contribution in [3.05, 3.63) is 56.9 Å². The monoisotopic (exact) mass is 408 g/mol. The summed E-state index contributed by atoms with van der Waals surface area (Å²) in [5.74, 6) is -0.294. The Hall–Kier alpha value is -1.86. The summed E-state index contributed by atoms with van der Waals surface area (Å²) in [6, 6.07) is 7.63. The Morgan fingerprint density at radius 1 is 1.14 bits per heavy atom. The number of hydrogen-bond donors (Lipinski definition) is 3. The molecule has 0 spiro atoms. The Balaban J connectivity index is 1.76. The van der Waals surface area contributed by atoms with Gasteiger partial charge in [-0.05, 0) is 40.2 Å². The first-order valence-corrected chi connectivity index (χ1v) is 7.66. The number of aromatic nitrogens is 2. The highest BCUT2D eigenvalue weighted by Crippen LogP contribution is 2.21. The number of carbonyl (C=O) groups excluding carboxylic acids is 1. The number of nitrogens with zero attached hydrogens (tertiary/aromatic N) is 1. The van der Waals surface area contributed by atoms with Crippen molar-refractivity contribution in [3.63, 3.8) is 0 Å². The maximum atomic E-state index is 11.8. The van der Waals surface area contributed by atoms with Gasteiger partial charge >= 0.3 is 0 Å². The van der Waals surface area contributed by atoms with Gasteiger partial charge in [0.2, 0.25) is 0 Å². The molecule has 1 aromatic carbocycles. The molecular formula is C14H10Br2N4O. The highest BCUT2D eigenvalue weighted by Gasteiger charge is 2.06. The van der Waals surface area contributed by atoms with Gasteiger partial charge in [-0.2, -0.15) is 5.10 Å². The number of benzene rings is 1. The third kappa shape index (κ3) is 3.08. The van der Waals surface area contributed by atoms with Crippen LogP contribution in [-0.2, 0) is 0 Å². The number of halogens is 2. The van der Waals surface area contributed by atoms with Crippen LogP contribution < -0.4 is 5.43 Å². The van der Waals surface area contributed by atoms with Gasteiger partial charge in [0.1, 0.15) is 5.69 Å². The van der Waals surface area contributed by atoms with Gasteiger partial charge in [-0.15, -0.1) is 0 Å². The topological polar surface area (TPSA) is 73.0 Å². The summed E-state index contributed by atoms with van der Waals surface area (Å²) in [5.41, 5.74) is 4.84. The largest absolute Gasteiger partial charge is 0.361 e. The van der Waals surface area contributed by atoms with E-state index in [2.05, 4.69) is 52.4 Å². The number of hydrogen-bond acceptors (Lipinski definition) is 2. The molecule has 0 bridgehead atoms. The van der Waals surface area contributed by atoms with Gasteiger partial charge < -0.3 is 9.97 Å². The van der Waals surface area contributed by atoms with Gasteiger partial charge in [0, 0.05) is 37.8 Å². The highest BCUT2D eigenvalue weighted by molar-refractivity contribution is 9.10. The van der Waals surface area contributed by atoms with Gasteiger partial charge in [0.15, 0.2) is 0 Å². The van der Waals surface area contributed by atoms with Crippen LogP contribution >= 0.6 is 31.9 Å². The van der Waals surface area contributed by atoms with Crippen LogP contribution in [0.2, 0.25) is 0 Å². The predicted octanol–water partition coefficient (Wildman–Crippen LogP) is 3.78. The molecule has 3 N–H and O–H groups in total. The van der Waals surface area contributed by atoms with Crippen LogP contribution in [-0.4, -0.2) is 22.1 Å². The van der Waals surface area contributed by atoms with E-state index in [1.807, 2.05) is 24.4 Å². The van der Waals surface area contributed by atoms with Crippen molar-refractivity contribution in [2.75, 3.05) is 0 Å². The molecule has 5 nitrogen and oxygen atoms in total. The number of rotatable bonds is 3. The molecule has 0 unspecified atom stereocenters. The number of fused-ring (bicyclic) bond motifs is 1. The maximum Gasteiger partial charge on any atom is 0.287 e. The first kappa shape index (κ1) is 14.1. The predicted molar refractivity (Wildman–Crippen MR) is 89.6 cm³/mol. The second-order valence-electron chi connectivity index (χ2n) is 4.36. The number of amides is 1. The maximum absolute atomic E-state index is 11.8. The number of hydrazone groups is 1. The fourth-order valence-corrected chi connectivity index (χ4v) is 2.65. The van der Waals surface area contributed by atoms with Crippen LogP contribution in [0.15, 0.2) is 50.7 Å². The molecule has 3 aromatic rings. The van der Waals surface area contributed by atoms with Crippen LogP contribution in [0.25, 0.3) is 10.9 Å². The molecule has 0 aliphatic heterocycles. The number of carbonyl (C=O) groups is 1. The van der Waals surface area contributed by atoms with Crippen molar-refractivity contribution < 1.29 is 4.79 Å². The molecule has 21 heavy (non-hydrogen) atoms.